The quantitative estimate of drug-likeness (QED) is 0.751. The maximum absolute atomic E-state index is 13.2. The summed E-state index contributed by atoms with van der Waals surface area (Å²) in [6, 6.07) is 12.0. The lowest BCUT2D eigenvalue weighted by molar-refractivity contribution is 0.0995. The lowest BCUT2D eigenvalue weighted by atomic mass is 10.2. The molecule has 0 fully saturated rings. The van der Waals surface area contributed by atoms with E-state index in [9.17, 15) is 18.4 Å². The fraction of sp³-hybridized carbons (Fsp3) is 0. The molecule has 0 aliphatic carbocycles. The number of carbonyl (C=O) groups is 2. The molecule has 5 nitrogen and oxygen atoms in total. The predicted octanol–water partition coefficient (Wildman–Crippen LogP) is 4.06. The first-order valence-electron chi connectivity index (χ1n) is 7.23. The zero-order valence-electron chi connectivity index (χ0n) is 12.8. The molecule has 7 heteroatoms. The van der Waals surface area contributed by atoms with Gasteiger partial charge in [0.05, 0.1) is 6.26 Å². The summed E-state index contributed by atoms with van der Waals surface area (Å²) in [6.45, 7) is 0. The molecule has 2 aromatic carbocycles. The molecule has 1 aromatic heterocycles. The molecule has 0 unspecified atom stereocenters. The van der Waals surface area contributed by atoms with E-state index in [-0.39, 0.29) is 11.3 Å². The van der Waals surface area contributed by atoms with Crippen molar-refractivity contribution in [2.24, 2.45) is 0 Å². The largest absolute Gasteiger partial charge is 0.459 e. The zero-order chi connectivity index (χ0) is 17.8. The Morgan fingerprint density at radius 1 is 0.800 bits per heavy atom. The third-order valence-corrected chi connectivity index (χ3v) is 3.25. The van der Waals surface area contributed by atoms with Crippen molar-refractivity contribution < 1.29 is 22.8 Å². The monoisotopic (exact) mass is 342 g/mol. The summed E-state index contributed by atoms with van der Waals surface area (Å²) < 4.78 is 31.4. The first-order valence-corrected chi connectivity index (χ1v) is 7.23. The third kappa shape index (κ3) is 4.08. The molecule has 2 amide bonds. The van der Waals surface area contributed by atoms with Crippen molar-refractivity contribution in [3.8, 4) is 0 Å². The summed E-state index contributed by atoms with van der Waals surface area (Å²) in [4.78, 5) is 24.0. The van der Waals surface area contributed by atoms with Crippen LogP contribution in [0.3, 0.4) is 0 Å². The highest BCUT2D eigenvalue weighted by Crippen LogP contribution is 2.18. The second-order valence-corrected chi connectivity index (χ2v) is 5.12. The molecule has 3 aromatic rings. The summed E-state index contributed by atoms with van der Waals surface area (Å²) in [5.74, 6) is -2.66. The number of hydrogen-bond acceptors (Lipinski definition) is 3. The van der Waals surface area contributed by atoms with Crippen LogP contribution < -0.4 is 10.6 Å². The molecule has 0 saturated carbocycles. The maximum atomic E-state index is 13.2. The minimum Gasteiger partial charge on any atom is -0.459 e. The minimum atomic E-state index is -0.843. The van der Waals surface area contributed by atoms with E-state index in [1.54, 1.807) is 24.3 Å². The Bertz CT molecular complexity index is 904. The lowest BCUT2D eigenvalue weighted by Crippen LogP contribution is -2.14. The van der Waals surface area contributed by atoms with E-state index in [0.29, 0.717) is 17.4 Å². The Morgan fingerprint density at radius 3 is 2.04 bits per heavy atom. The topological polar surface area (TPSA) is 71.3 Å². The van der Waals surface area contributed by atoms with Crippen molar-refractivity contribution in [1.29, 1.82) is 0 Å². The normalized spacial score (nSPS) is 10.3. The molecule has 2 N–H and O–H groups in total. The van der Waals surface area contributed by atoms with Crippen molar-refractivity contribution in [3.63, 3.8) is 0 Å². The Hall–Kier alpha value is -3.48. The average molecular weight is 342 g/mol. The van der Waals surface area contributed by atoms with Gasteiger partial charge in [-0.25, -0.2) is 8.78 Å². The van der Waals surface area contributed by atoms with E-state index in [2.05, 4.69) is 10.6 Å². The van der Waals surface area contributed by atoms with Crippen molar-refractivity contribution in [2.75, 3.05) is 10.6 Å². The molecular formula is C18H12F2N2O3. The predicted molar refractivity (Wildman–Crippen MR) is 87.4 cm³/mol. The van der Waals surface area contributed by atoms with Crippen molar-refractivity contribution >= 4 is 23.2 Å². The van der Waals surface area contributed by atoms with E-state index < -0.39 is 23.4 Å². The van der Waals surface area contributed by atoms with Crippen molar-refractivity contribution in [3.05, 3.63) is 83.8 Å². The SMILES string of the molecule is O=C(Nc1cccc(NC(=O)c2ccco2)c1)c1cc(F)cc(F)c1. The van der Waals surface area contributed by atoms with E-state index >= 15 is 0 Å². The van der Waals surface area contributed by atoms with Crippen LogP contribution in [-0.4, -0.2) is 11.8 Å². The maximum Gasteiger partial charge on any atom is 0.291 e. The van der Waals surface area contributed by atoms with Gasteiger partial charge in [-0.15, -0.1) is 0 Å². The van der Waals surface area contributed by atoms with Gasteiger partial charge in [0.2, 0.25) is 0 Å². The van der Waals surface area contributed by atoms with Crippen LogP contribution in [0.5, 0.6) is 0 Å². The van der Waals surface area contributed by atoms with Gasteiger partial charge in [0.1, 0.15) is 11.6 Å². The first-order chi connectivity index (χ1) is 12.0. The van der Waals surface area contributed by atoms with Crippen LogP contribution in [0.2, 0.25) is 0 Å². The summed E-state index contributed by atoms with van der Waals surface area (Å²) in [5, 5.41) is 5.13. The highest BCUT2D eigenvalue weighted by Gasteiger charge is 2.11. The molecule has 0 spiro atoms. The minimum absolute atomic E-state index is 0.143. The fourth-order valence-electron chi connectivity index (χ4n) is 2.16. The molecule has 126 valence electrons. The van der Waals surface area contributed by atoms with Crippen LogP contribution >= 0.6 is 0 Å². The fourth-order valence-corrected chi connectivity index (χ4v) is 2.16. The number of rotatable bonds is 4. The Morgan fingerprint density at radius 2 is 1.44 bits per heavy atom. The van der Waals surface area contributed by atoms with Gasteiger partial charge < -0.3 is 15.1 Å². The number of carbonyl (C=O) groups excluding carboxylic acids is 2. The Kier molecular flexibility index (Phi) is 4.56. The summed E-state index contributed by atoms with van der Waals surface area (Å²) in [6.07, 6.45) is 1.38. The number of amides is 2. The second-order valence-electron chi connectivity index (χ2n) is 5.12. The first kappa shape index (κ1) is 16.4. The molecule has 0 saturated heterocycles. The van der Waals surface area contributed by atoms with Crippen LogP contribution in [0.15, 0.2) is 65.3 Å². The number of benzene rings is 2. The van der Waals surface area contributed by atoms with Crippen LogP contribution in [0.4, 0.5) is 20.2 Å². The molecule has 3 rings (SSSR count). The third-order valence-electron chi connectivity index (χ3n) is 3.25. The summed E-state index contributed by atoms with van der Waals surface area (Å²) in [5.41, 5.74) is 0.624. The molecule has 1 heterocycles. The lowest BCUT2D eigenvalue weighted by Gasteiger charge is -2.08. The second kappa shape index (κ2) is 6.96. The smallest absolute Gasteiger partial charge is 0.291 e. The van der Waals surface area contributed by atoms with Gasteiger partial charge in [0.25, 0.3) is 11.8 Å². The molecule has 25 heavy (non-hydrogen) atoms. The van der Waals surface area contributed by atoms with Crippen LogP contribution in [-0.2, 0) is 0 Å². The molecule has 0 atom stereocenters. The molecule has 0 bridgehead atoms. The van der Waals surface area contributed by atoms with Crippen LogP contribution in [0, 0.1) is 11.6 Å². The van der Waals surface area contributed by atoms with Gasteiger partial charge in [0, 0.05) is 23.0 Å². The van der Waals surface area contributed by atoms with Gasteiger partial charge in [-0.3, -0.25) is 9.59 Å². The molecular weight excluding hydrogens is 330 g/mol. The average Bonchev–Trinajstić information content (AvgIpc) is 3.09. The highest BCUT2D eigenvalue weighted by atomic mass is 19.1. The number of furan rings is 1. The number of anilines is 2. The van der Waals surface area contributed by atoms with Gasteiger partial charge in [-0.05, 0) is 42.5 Å². The molecule has 0 aliphatic rings. The van der Waals surface area contributed by atoms with Crippen LogP contribution in [0.1, 0.15) is 20.9 Å². The van der Waals surface area contributed by atoms with Crippen molar-refractivity contribution in [2.45, 2.75) is 0 Å². The van der Waals surface area contributed by atoms with E-state index in [0.717, 1.165) is 12.1 Å². The standard InChI is InChI=1S/C18H12F2N2O3/c19-12-7-11(8-13(20)9-12)17(23)21-14-3-1-4-15(10-14)22-18(24)16-5-2-6-25-16/h1-10H,(H,21,23)(H,22,24). The number of hydrogen-bond donors (Lipinski definition) is 2. The summed E-state index contributed by atoms with van der Waals surface area (Å²) in [7, 11) is 0. The Labute approximate surface area is 141 Å². The van der Waals surface area contributed by atoms with E-state index in [1.165, 1.54) is 18.4 Å². The van der Waals surface area contributed by atoms with Crippen molar-refractivity contribution in [1.82, 2.24) is 0 Å². The van der Waals surface area contributed by atoms with E-state index in [4.69, 9.17) is 4.42 Å². The summed E-state index contributed by atoms with van der Waals surface area (Å²) >= 11 is 0. The zero-order valence-corrected chi connectivity index (χ0v) is 12.8. The van der Waals surface area contributed by atoms with Gasteiger partial charge >= 0.3 is 0 Å². The van der Waals surface area contributed by atoms with Gasteiger partial charge in [-0.2, -0.15) is 0 Å². The number of halogens is 2. The molecule has 0 radical (unpaired) electrons. The van der Waals surface area contributed by atoms with Gasteiger partial charge in [-0.1, -0.05) is 6.07 Å². The highest BCUT2D eigenvalue weighted by molar-refractivity contribution is 6.05. The van der Waals surface area contributed by atoms with E-state index in [1.807, 2.05) is 0 Å². The van der Waals surface area contributed by atoms with Crippen LogP contribution in [0.25, 0.3) is 0 Å². The number of nitrogens with one attached hydrogen (secondary N) is 2. The van der Waals surface area contributed by atoms with Gasteiger partial charge in [0.15, 0.2) is 5.76 Å². The molecule has 0 aliphatic heterocycles. The Balaban J connectivity index is 1.73.